The summed E-state index contributed by atoms with van der Waals surface area (Å²) < 4.78 is 0. The molecule has 0 saturated heterocycles. The van der Waals surface area contributed by atoms with Gasteiger partial charge in [0.05, 0.1) is 0 Å². The van der Waals surface area contributed by atoms with Crippen molar-refractivity contribution in [2.24, 2.45) is 0 Å². The molecule has 5 nitrogen and oxygen atoms in total. The number of nitrogens with one attached hydrogen (secondary N) is 2. The number of carbonyl (C=O) groups excluding carboxylic acids is 1. The Morgan fingerprint density at radius 2 is 1.21 bits per heavy atom. The molecule has 1 saturated carbocycles. The Morgan fingerprint density at radius 1 is 0.788 bits per heavy atom. The average Bonchev–Trinajstić information content (AvgIpc) is 2.77. The van der Waals surface area contributed by atoms with Gasteiger partial charge in [-0.3, -0.25) is 4.79 Å². The van der Waals surface area contributed by atoms with Crippen LogP contribution in [0.2, 0.25) is 0 Å². The molecule has 2 aromatic rings. The van der Waals surface area contributed by atoms with Gasteiger partial charge in [0.25, 0.3) is 0 Å². The van der Waals surface area contributed by atoms with E-state index < -0.39 is 0 Å². The van der Waals surface area contributed by atoms with E-state index >= 15 is 0 Å². The standard InChI is InChI=1S/C28H36N2O3/c1-18(2)29-16-24-14-20(8-10-26(24)31)12-22-6-5-7-23(28(22)33)13-21-9-11-27(32)25(15-21)17-30-19(3)4/h8-15,18-19,29-32H,5-7,16-17H2,1-4H3/b22-12+,23-13+. The Labute approximate surface area is 197 Å². The Kier molecular flexibility index (Phi) is 8.48. The third kappa shape index (κ3) is 7.04. The van der Waals surface area contributed by atoms with Crippen LogP contribution in [0, 0.1) is 0 Å². The van der Waals surface area contributed by atoms with E-state index in [2.05, 4.69) is 38.3 Å². The smallest absolute Gasteiger partial charge is 0.185 e. The van der Waals surface area contributed by atoms with Gasteiger partial charge in [-0.25, -0.2) is 0 Å². The van der Waals surface area contributed by atoms with Crippen LogP contribution in [0.4, 0.5) is 0 Å². The molecule has 33 heavy (non-hydrogen) atoms. The van der Waals surface area contributed by atoms with Gasteiger partial charge in [0.2, 0.25) is 0 Å². The molecule has 0 bridgehead atoms. The first-order chi connectivity index (χ1) is 15.7. The molecule has 1 fully saturated rings. The zero-order chi connectivity index (χ0) is 24.0. The van der Waals surface area contributed by atoms with Crippen LogP contribution in [0.3, 0.4) is 0 Å². The van der Waals surface area contributed by atoms with Gasteiger partial charge in [-0.15, -0.1) is 0 Å². The Hall–Kier alpha value is -2.89. The third-order valence-corrected chi connectivity index (χ3v) is 5.77. The van der Waals surface area contributed by atoms with Gasteiger partial charge >= 0.3 is 0 Å². The normalized spacial score (nSPS) is 17.0. The summed E-state index contributed by atoms with van der Waals surface area (Å²) in [5.41, 5.74) is 5.07. The van der Waals surface area contributed by atoms with E-state index in [0.717, 1.165) is 52.7 Å². The van der Waals surface area contributed by atoms with Crippen molar-refractivity contribution in [3.8, 4) is 11.5 Å². The van der Waals surface area contributed by atoms with E-state index in [1.165, 1.54) is 0 Å². The van der Waals surface area contributed by atoms with Gasteiger partial charge < -0.3 is 20.8 Å². The number of allylic oxidation sites excluding steroid dienone is 2. The second-order valence-corrected chi connectivity index (χ2v) is 9.37. The number of Topliss-reactive ketones (excluding diaryl/α,β-unsaturated/α-hetero) is 1. The minimum Gasteiger partial charge on any atom is -0.508 e. The Balaban J connectivity index is 1.81. The van der Waals surface area contributed by atoms with Crippen LogP contribution in [-0.2, 0) is 17.9 Å². The number of phenolic OH excluding ortho intramolecular Hbond substituents is 2. The maximum absolute atomic E-state index is 13.2. The lowest BCUT2D eigenvalue weighted by Crippen LogP contribution is -2.21. The summed E-state index contributed by atoms with van der Waals surface area (Å²) in [6.45, 7) is 9.41. The molecular formula is C28H36N2O3. The zero-order valence-corrected chi connectivity index (χ0v) is 20.1. The summed E-state index contributed by atoms with van der Waals surface area (Å²) in [7, 11) is 0. The van der Waals surface area contributed by atoms with E-state index in [1.54, 1.807) is 12.1 Å². The summed E-state index contributed by atoms with van der Waals surface area (Å²) in [6, 6.07) is 11.6. The fourth-order valence-corrected chi connectivity index (χ4v) is 3.88. The highest BCUT2D eigenvalue weighted by Crippen LogP contribution is 2.30. The highest BCUT2D eigenvalue weighted by molar-refractivity contribution is 6.14. The van der Waals surface area contributed by atoms with Crippen LogP contribution in [0.15, 0.2) is 47.5 Å². The molecule has 0 radical (unpaired) electrons. The van der Waals surface area contributed by atoms with E-state index in [1.807, 2.05) is 36.4 Å². The minimum atomic E-state index is 0.0751. The molecule has 176 valence electrons. The van der Waals surface area contributed by atoms with Crippen LogP contribution in [-0.4, -0.2) is 28.1 Å². The lowest BCUT2D eigenvalue weighted by atomic mass is 9.86. The second kappa shape index (κ2) is 11.3. The third-order valence-electron chi connectivity index (χ3n) is 5.77. The lowest BCUT2D eigenvalue weighted by Gasteiger charge is -2.17. The summed E-state index contributed by atoms with van der Waals surface area (Å²) in [5, 5.41) is 27.0. The highest BCUT2D eigenvalue weighted by Gasteiger charge is 2.21. The predicted molar refractivity (Wildman–Crippen MR) is 135 cm³/mol. The number of hydrogen-bond acceptors (Lipinski definition) is 5. The average molecular weight is 449 g/mol. The highest BCUT2D eigenvalue weighted by atomic mass is 16.3. The Morgan fingerprint density at radius 3 is 1.61 bits per heavy atom. The molecule has 3 rings (SSSR count). The maximum atomic E-state index is 13.2. The molecule has 0 spiro atoms. The number of aromatic hydroxyl groups is 2. The topological polar surface area (TPSA) is 81.6 Å². The molecule has 5 heteroatoms. The molecule has 2 aromatic carbocycles. The van der Waals surface area contributed by atoms with Crippen LogP contribution < -0.4 is 10.6 Å². The van der Waals surface area contributed by atoms with Crippen molar-refractivity contribution in [3.63, 3.8) is 0 Å². The summed E-state index contributed by atoms with van der Waals surface area (Å²) in [6.07, 6.45) is 6.31. The van der Waals surface area contributed by atoms with Gasteiger partial charge in [-0.1, -0.05) is 39.8 Å². The number of hydrogen-bond donors (Lipinski definition) is 4. The number of phenols is 2. The minimum absolute atomic E-state index is 0.0751. The largest absolute Gasteiger partial charge is 0.508 e. The summed E-state index contributed by atoms with van der Waals surface area (Å²) >= 11 is 0. The lowest BCUT2D eigenvalue weighted by molar-refractivity contribution is -0.112. The second-order valence-electron chi connectivity index (χ2n) is 9.37. The summed E-state index contributed by atoms with van der Waals surface area (Å²) in [5.74, 6) is 0.595. The van der Waals surface area contributed by atoms with Crippen molar-refractivity contribution >= 4 is 17.9 Å². The van der Waals surface area contributed by atoms with Crippen molar-refractivity contribution < 1.29 is 15.0 Å². The van der Waals surface area contributed by atoms with Crippen molar-refractivity contribution in [1.29, 1.82) is 0 Å². The quantitative estimate of drug-likeness (QED) is 0.411. The van der Waals surface area contributed by atoms with Gasteiger partial charge in [0, 0.05) is 47.4 Å². The van der Waals surface area contributed by atoms with Crippen LogP contribution in [0.1, 0.15) is 69.2 Å². The molecule has 0 unspecified atom stereocenters. The zero-order valence-electron chi connectivity index (χ0n) is 20.1. The molecule has 0 aliphatic heterocycles. The number of rotatable bonds is 8. The first-order valence-electron chi connectivity index (χ1n) is 11.8. The molecule has 1 aliphatic carbocycles. The van der Waals surface area contributed by atoms with Crippen molar-refractivity contribution in [2.45, 2.75) is 72.1 Å². The first kappa shape index (κ1) is 24.7. The van der Waals surface area contributed by atoms with E-state index in [9.17, 15) is 15.0 Å². The Bertz CT molecular complexity index is 970. The molecule has 0 amide bonds. The molecule has 0 atom stereocenters. The maximum Gasteiger partial charge on any atom is 0.185 e. The number of carbonyl (C=O) groups is 1. The van der Waals surface area contributed by atoms with Crippen molar-refractivity contribution in [1.82, 2.24) is 10.6 Å². The van der Waals surface area contributed by atoms with Gasteiger partial charge in [-0.2, -0.15) is 0 Å². The van der Waals surface area contributed by atoms with E-state index in [-0.39, 0.29) is 17.3 Å². The van der Waals surface area contributed by atoms with Crippen molar-refractivity contribution in [2.75, 3.05) is 0 Å². The van der Waals surface area contributed by atoms with E-state index in [4.69, 9.17) is 0 Å². The van der Waals surface area contributed by atoms with E-state index in [0.29, 0.717) is 25.2 Å². The fourth-order valence-electron chi connectivity index (χ4n) is 3.88. The van der Waals surface area contributed by atoms with Gasteiger partial charge in [-0.05, 0) is 66.8 Å². The van der Waals surface area contributed by atoms with Crippen molar-refractivity contribution in [3.05, 3.63) is 69.8 Å². The molecular weight excluding hydrogens is 412 g/mol. The van der Waals surface area contributed by atoms with Gasteiger partial charge in [0.15, 0.2) is 5.78 Å². The summed E-state index contributed by atoms with van der Waals surface area (Å²) in [4.78, 5) is 13.2. The fraction of sp³-hybridized carbons (Fsp3) is 0.393. The van der Waals surface area contributed by atoms with Crippen LogP contribution >= 0.6 is 0 Å². The number of benzene rings is 2. The first-order valence-corrected chi connectivity index (χ1v) is 11.8. The monoisotopic (exact) mass is 448 g/mol. The molecule has 1 aliphatic rings. The predicted octanol–water partition coefficient (Wildman–Crippen LogP) is 5.31. The van der Waals surface area contributed by atoms with Gasteiger partial charge in [0.1, 0.15) is 11.5 Å². The van der Waals surface area contributed by atoms with Crippen LogP contribution in [0.5, 0.6) is 11.5 Å². The molecule has 0 aromatic heterocycles. The van der Waals surface area contributed by atoms with Crippen LogP contribution in [0.25, 0.3) is 12.2 Å². The molecule has 0 heterocycles. The number of ketones is 1. The molecule has 4 N–H and O–H groups in total. The SMILES string of the molecule is CC(C)NCc1cc(/C=C2\CCC/C(=C\c3ccc(O)c(CNC(C)C)c3)C2=O)ccc1O.